The first-order valence-corrected chi connectivity index (χ1v) is 6.72. The van der Waals surface area contributed by atoms with Crippen LogP contribution in [0.25, 0.3) is 11.0 Å². The fourth-order valence-electron chi connectivity index (χ4n) is 1.95. The lowest BCUT2D eigenvalue weighted by molar-refractivity contribution is 0.447. The molecule has 104 valence electrons. The van der Waals surface area contributed by atoms with Crippen LogP contribution >= 0.6 is 11.6 Å². The number of para-hydroxylation sites is 1. The summed E-state index contributed by atoms with van der Waals surface area (Å²) in [6.45, 7) is 1.92. The van der Waals surface area contributed by atoms with Crippen molar-refractivity contribution in [3.63, 3.8) is 0 Å². The van der Waals surface area contributed by atoms with Gasteiger partial charge in [0, 0.05) is 12.5 Å². The number of hydrogen-bond acceptors (Lipinski definition) is 5. The molecule has 0 unspecified atom stereocenters. The molecular weight excluding hydrogens is 290 g/mol. The first-order chi connectivity index (χ1) is 10.2. The summed E-state index contributed by atoms with van der Waals surface area (Å²) in [5, 5.41) is 10.2. The van der Waals surface area contributed by atoms with Gasteiger partial charge in [-0.3, -0.25) is 0 Å². The first-order valence-electron chi connectivity index (χ1n) is 6.34. The van der Waals surface area contributed by atoms with Gasteiger partial charge < -0.3 is 9.15 Å². The largest absolute Gasteiger partial charge is 0.442 e. The van der Waals surface area contributed by atoms with E-state index in [4.69, 9.17) is 20.8 Å². The molecule has 0 saturated carbocycles. The van der Waals surface area contributed by atoms with Crippen molar-refractivity contribution in [2.24, 2.45) is 0 Å². The molecule has 0 N–H and O–H groups in total. The van der Waals surface area contributed by atoms with Crippen molar-refractivity contribution < 1.29 is 9.15 Å². The van der Waals surface area contributed by atoms with Crippen molar-refractivity contribution in [1.29, 1.82) is 5.26 Å². The van der Waals surface area contributed by atoms with E-state index >= 15 is 0 Å². The van der Waals surface area contributed by atoms with E-state index in [0.29, 0.717) is 34.1 Å². The van der Waals surface area contributed by atoms with E-state index in [1.807, 2.05) is 31.2 Å². The molecule has 0 amide bonds. The highest BCUT2D eigenvalue weighted by atomic mass is 35.5. The number of furan rings is 1. The van der Waals surface area contributed by atoms with Gasteiger partial charge in [-0.25, -0.2) is 4.98 Å². The minimum Gasteiger partial charge on any atom is -0.442 e. The van der Waals surface area contributed by atoms with E-state index in [0.717, 1.165) is 0 Å². The van der Waals surface area contributed by atoms with Crippen LogP contribution in [0, 0.1) is 11.3 Å². The summed E-state index contributed by atoms with van der Waals surface area (Å²) < 4.78 is 11.2. The Kier molecular flexibility index (Phi) is 3.46. The van der Waals surface area contributed by atoms with E-state index in [1.165, 1.54) is 6.07 Å². The molecule has 2 heterocycles. The van der Waals surface area contributed by atoms with Crippen LogP contribution in [-0.2, 0) is 6.42 Å². The average Bonchev–Trinajstić information content (AvgIpc) is 2.85. The lowest BCUT2D eigenvalue weighted by atomic mass is 10.2. The summed E-state index contributed by atoms with van der Waals surface area (Å²) in [6.07, 6.45) is 0.633. The third kappa shape index (κ3) is 2.54. The molecule has 0 saturated heterocycles. The second-order valence-corrected chi connectivity index (χ2v) is 4.66. The molecule has 0 aliphatic rings. The molecule has 0 spiro atoms. The lowest BCUT2D eigenvalue weighted by Gasteiger charge is -2.05. The molecule has 0 fully saturated rings. The van der Waals surface area contributed by atoms with Gasteiger partial charge >= 0.3 is 0 Å². The third-order valence-electron chi connectivity index (χ3n) is 2.89. The molecule has 5 nitrogen and oxygen atoms in total. The number of nitriles is 1. The maximum absolute atomic E-state index is 9.17. The zero-order valence-corrected chi connectivity index (χ0v) is 11.9. The SMILES string of the molecule is CCc1nc(Cl)cc(Oc2c(C#N)oc3ccccc23)n1. The van der Waals surface area contributed by atoms with Gasteiger partial charge in [-0.2, -0.15) is 10.2 Å². The Hall–Kier alpha value is -2.58. The van der Waals surface area contributed by atoms with Crippen LogP contribution < -0.4 is 4.74 Å². The number of benzene rings is 1. The van der Waals surface area contributed by atoms with E-state index in [-0.39, 0.29) is 11.6 Å². The van der Waals surface area contributed by atoms with E-state index in [1.54, 1.807) is 6.07 Å². The van der Waals surface area contributed by atoms with Gasteiger partial charge in [-0.05, 0) is 12.1 Å². The van der Waals surface area contributed by atoms with Gasteiger partial charge in [0.1, 0.15) is 22.6 Å². The molecule has 6 heteroatoms. The Bertz CT molecular complexity index is 852. The Balaban J connectivity index is 2.09. The van der Waals surface area contributed by atoms with Crippen molar-refractivity contribution in [3.8, 4) is 17.7 Å². The van der Waals surface area contributed by atoms with Crippen LogP contribution in [-0.4, -0.2) is 9.97 Å². The van der Waals surface area contributed by atoms with Crippen LogP contribution in [0.15, 0.2) is 34.7 Å². The Labute approximate surface area is 125 Å². The number of nitrogens with zero attached hydrogens (tertiary/aromatic N) is 3. The summed E-state index contributed by atoms with van der Waals surface area (Å²) in [5.74, 6) is 1.30. The quantitative estimate of drug-likeness (QED) is 0.681. The highest BCUT2D eigenvalue weighted by Crippen LogP contribution is 2.35. The Morgan fingerprint density at radius 2 is 2.14 bits per heavy atom. The van der Waals surface area contributed by atoms with Crippen LogP contribution in [0.4, 0.5) is 0 Å². The molecule has 0 aliphatic heterocycles. The molecule has 0 atom stereocenters. The highest BCUT2D eigenvalue weighted by Gasteiger charge is 2.17. The van der Waals surface area contributed by atoms with Gasteiger partial charge in [-0.1, -0.05) is 30.7 Å². The van der Waals surface area contributed by atoms with E-state index < -0.39 is 0 Å². The molecule has 2 aromatic heterocycles. The number of ether oxygens (including phenoxy) is 1. The van der Waals surface area contributed by atoms with E-state index in [9.17, 15) is 5.26 Å². The molecule has 3 aromatic rings. The van der Waals surface area contributed by atoms with Crippen molar-refractivity contribution >= 4 is 22.6 Å². The predicted octanol–water partition coefficient (Wildman–Crippen LogP) is 4.10. The minimum atomic E-state index is 0.101. The van der Waals surface area contributed by atoms with Gasteiger partial charge in [0.2, 0.25) is 11.6 Å². The molecule has 0 aliphatic carbocycles. The van der Waals surface area contributed by atoms with Crippen LogP contribution in [0.2, 0.25) is 5.15 Å². The third-order valence-corrected chi connectivity index (χ3v) is 3.09. The maximum Gasteiger partial charge on any atom is 0.247 e. The lowest BCUT2D eigenvalue weighted by Crippen LogP contribution is -1.96. The number of hydrogen-bond donors (Lipinski definition) is 0. The minimum absolute atomic E-state index is 0.101. The summed E-state index contributed by atoms with van der Waals surface area (Å²) in [4.78, 5) is 8.31. The molecule has 21 heavy (non-hydrogen) atoms. The molecule has 1 aromatic carbocycles. The maximum atomic E-state index is 9.17. The van der Waals surface area contributed by atoms with Gasteiger partial charge in [-0.15, -0.1) is 0 Å². The van der Waals surface area contributed by atoms with Crippen LogP contribution in [0.1, 0.15) is 18.5 Å². The normalized spacial score (nSPS) is 10.5. The van der Waals surface area contributed by atoms with Gasteiger partial charge in [0.15, 0.2) is 5.75 Å². The van der Waals surface area contributed by atoms with Gasteiger partial charge in [0.25, 0.3) is 0 Å². The predicted molar refractivity (Wildman–Crippen MR) is 77.4 cm³/mol. The average molecular weight is 300 g/mol. The molecule has 3 rings (SSSR count). The summed E-state index contributed by atoms with van der Waals surface area (Å²) in [6, 6.07) is 10.7. The fourth-order valence-corrected chi connectivity index (χ4v) is 2.14. The van der Waals surface area contributed by atoms with Crippen molar-refractivity contribution in [1.82, 2.24) is 9.97 Å². The topological polar surface area (TPSA) is 71.9 Å². The summed E-state index contributed by atoms with van der Waals surface area (Å²) >= 11 is 5.94. The Morgan fingerprint density at radius 3 is 2.90 bits per heavy atom. The second-order valence-electron chi connectivity index (χ2n) is 4.27. The number of fused-ring (bicyclic) bond motifs is 1. The summed E-state index contributed by atoms with van der Waals surface area (Å²) in [7, 11) is 0. The second kappa shape index (κ2) is 5.43. The number of halogens is 1. The zero-order chi connectivity index (χ0) is 14.8. The molecule has 0 radical (unpaired) electrons. The van der Waals surface area contributed by atoms with Crippen molar-refractivity contribution in [3.05, 3.63) is 47.1 Å². The molecule has 0 bridgehead atoms. The first kappa shape index (κ1) is 13.4. The summed E-state index contributed by atoms with van der Waals surface area (Å²) in [5.41, 5.74) is 0.583. The number of rotatable bonds is 3. The van der Waals surface area contributed by atoms with Crippen molar-refractivity contribution in [2.45, 2.75) is 13.3 Å². The van der Waals surface area contributed by atoms with Crippen LogP contribution in [0.5, 0.6) is 11.6 Å². The zero-order valence-electron chi connectivity index (χ0n) is 11.1. The smallest absolute Gasteiger partial charge is 0.247 e. The van der Waals surface area contributed by atoms with E-state index in [2.05, 4.69) is 9.97 Å². The molecular formula is C15H10ClN3O2. The van der Waals surface area contributed by atoms with Crippen LogP contribution in [0.3, 0.4) is 0 Å². The number of aryl methyl sites for hydroxylation is 1. The number of aromatic nitrogens is 2. The van der Waals surface area contributed by atoms with Crippen molar-refractivity contribution in [2.75, 3.05) is 0 Å². The standard InChI is InChI=1S/C15H10ClN3O2/c1-2-13-18-12(16)7-14(19-13)21-15-9-5-3-4-6-10(9)20-11(15)8-17/h3-7H,2H2,1H3. The Morgan fingerprint density at radius 1 is 1.33 bits per heavy atom. The van der Waals surface area contributed by atoms with Gasteiger partial charge in [0.05, 0.1) is 5.39 Å². The monoisotopic (exact) mass is 299 g/mol. The highest BCUT2D eigenvalue weighted by molar-refractivity contribution is 6.29. The fraction of sp³-hybridized carbons (Fsp3) is 0.133.